The molecule has 1 aliphatic rings. The molecule has 0 saturated carbocycles. The summed E-state index contributed by atoms with van der Waals surface area (Å²) in [5.41, 5.74) is 1.24. The van der Waals surface area contributed by atoms with E-state index in [4.69, 9.17) is 4.74 Å². The van der Waals surface area contributed by atoms with E-state index in [0.717, 1.165) is 28.1 Å². The van der Waals surface area contributed by atoms with Crippen LogP contribution in [0.25, 0.3) is 0 Å². The molecule has 0 saturated heterocycles. The van der Waals surface area contributed by atoms with Gasteiger partial charge in [-0.3, -0.25) is 9.78 Å². The zero-order valence-electron chi connectivity index (χ0n) is 16.1. The van der Waals surface area contributed by atoms with Gasteiger partial charge in [0.1, 0.15) is 17.0 Å². The van der Waals surface area contributed by atoms with Crippen LogP contribution in [0.2, 0.25) is 0 Å². The first-order valence-electron chi connectivity index (χ1n) is 9.23. The summed E-state index contributed by atoms with van der Waals surface area (Å²) in [6, 6.07) is 11.4. The second-order valence-electron chi connectivity index (χ2n) is 7.54. The van der Waals surface area contributed by atoms with Crippen LogP contribution >= 0.6 is 0 Å². The highest BCUT2D eigenvalue weighted by atomic mass is 32.2. The van der Waals surface area contributed by atoms with Gasteiger partial charge in [0, 0.05) is 18.6 Å². The molecule has 0 bridgehead atoms. The number of ether oxygens (including phenoxy) is 1. The van der Waals surface area contributed by atoms with Gasteiger partial charge in [0.25, 0.3) is 15.9 Å². The van der Waals surface area contributed by atoms with Gasteiger partial charge < -0.3 is 10.1 Å². The van der Waals surface area contributed by atoms with Gasteiger partial charge in [-0.25, -0.2) is 12.4 Å². The zero-order valence-corrected chi connectivity index (χ0v) is 16.9. The number of hydrogen-bond acceptors (Lipinski definition) is 5. The molecule has 3 heterocycles. The fourth-order valence-electron chi connectivity index (χ4n) is 3.21. The van der Waals surface area contributed by atoms with Gasteiger partial charge >= 0.3 is 0 Å². The van der Waals surface area contributed by atoms with Crippen LogP contribution in [0.15, 0.2) is 66.0 Å². The van der Waals surface area contributed by atoms with Gasteiger partial charge in [0.15, 0.2) is 0 Å². The topological polar surface area (TPSA) is 90.3 Å². The third-order valence-electron chi connectivity index (χ3n) is 4.81. The van der Waals surface area contributed by atoms with Crippen LogP contribution in [0.3, 0.4) is 0 Å². The minimum absolute atomic E-state index is 0.178. The molecule has 0 spiro atoms. The summed E-state index contributed by atoms with van der Waals surface area (Å²) in [7, 11) is -3.79. The van der Waals surface area contributed by atoms with Crippen molar-refractivity contribution in [2.75, 3.05) is 5.32 Å². The lowest BCUT2D eigenvalue weighted by Gasteiger charge is -2.32. The number of carbonyl (C=O) groups excluding carboxylic acids is 1. The van der Waals surface area contributed by atoms with Gasteiger partial charge in [0.05, 0.1) is 10.6 Å². The predicted octanol–water partition coefficient (Wildman–Crippen LogP) is 3.48. The van der Waals surface area contributed by atoms with Crippen molar-refractivity contribution >= 4 is 21.6 Å². The molecular weight excluding hydrogens is 390 g/mol. The van der Waals surface area contributed by atoms with Crippen molar-refractivity contribution in [2.45, 2.75) is 37.2 Å². The first kappa shape index (κ1) is 19.2. The second-order valence-corrected chi connectivity index (χ2v) is 9.38. The van der Waals surface area contributed by atoms with Crippen LogP contribution in [-0.2, 0) is 16.4 Å². The number of carbonyl (C=O) groups is 1. The molecule has 150 valence electrons. The number of aromatic nitrogens is 2. The SMILES string of the molecule is CC1(C)CCc2cc(S(=O)(=O)n3ccc(NC(=O)c4ccccn4)c3)ccc2O1. The first-order chi connectivity index (χ1) is 13.7. The maximum absolute atomic E-state index is 13.0. The summed E-state index contributed by atoms with van der Waals surface area (Å²) >= 11 is 0. The summed E-state index contributed by atoms with van der Waals surface area (Å²) in [5.74, 6) is 0.310. The van der Waals surface area contributed by atoms with Crippen LogP contribution in [0.4, 0.5) is 5.69 Å². The molecule has 3 aromatic rings. The number of hydrogen-bond donors (Lipinski definition) is 1. The lowest BCUT2D eigenvalue weighted by Crippen LogP contribution is -2.32. The predicted molar refractivity (Wildman–Crippen MR) is 109 cm³/mol. The molecule has 8 heteroatoms. The maximum Gasteiger partial charge on any atom is 0.274 e. The Kier molecular flexibility index (Phi) is 4.66. The van der Waals surface area contributed by atoms with E-state index in [-0.39, 0.29) is 16.2 Å². The van der Waals surface area contributed by atoms with Crippen molar-refractivity contribution in [3.05, 3.63) is 72.3 Å². The Bertz CT molecular complexity index is 1170. The Balaban J connectivity index is 1.57. The molecule has 7 nitrogen and oxygen atoms in total. The van der Waals surface area contributed by atoms with Crippen molar-refractivity contribution in [3.63, 3.8) is 0 Å². The van der Waals surface area contributed by atoms with Gasteiger partial charge in [-0.2, -0.15) is 0 Å². The molecular formula is C21H21N3O4S. The van der Waals surface area contributed by atoms with Crippen LogP contribution in [0.1, 0.15) is 36.3 Å². The number of nitrogens with zero attached hydrogens (tertiary/aromatic N) is 2. The highest BCUT2D eigenvalue weighted by Crippen LogP contribution is 2.34. The fourth-order valence-corrected chi connectivity index (χ4v) is 4.46. The van der Waals surface area contributed by atoms with Crippen LogP contribution < -0.4 is 10.1 Å². The average molecular weight is 411 g/mol. The number of fused-ring (bicyclic) bond motifs is 1. The van der Waals surface area contributed by atoms with Crippen molar-refractivity contribution in [1.29, 1.82) is 0 Å². The number of rotatable bonds is 4. The normalized spacial score (nSPS) is 15.2. The standard InChI is InChI=1S/C21H21N3O4S/c1-21(2)10-8-15-13-17(6-7-19(15)28-21)29(26,27)24-12-9-16(14-24)23-20(25)18-5-3-4-11-22-18/h3-7,9,11-14H,8,10H2,1-2H3,(H,23,25). The Morgan fingerprint density at radius 1 is 1.21 bits per heavy atom. The molecule has 1 aromatic carbocycles. The molecule has 2 aromatic heterocycles. The number of benzene rings is 1. The van der Waals surface area contributed by atoms with E-state index in [0.29, 0.717) is 5.69 Å². The van der Waals surface area contributed by atoms with Crippen molar-refractivity contribution < 1.29 is 17.9 Å². The van der Waals surface area contributed by atoms with E-state index >= 15 is 0 Å². The third kappa shape index (κ3) is 3.88. The van der Waals surface area contributed by atoms with Crippen LogP contribution in [-0.4, -0.2) is 28.9 Å². The lowest BCUT2D eigenvalue weighted by molar-refractivity contribution is 0.0845. The van der Waals surface area contributed by atoms with E-state index < -0.39 is 15.9 Å². The second kappa shape index (κ2) is 7.04. The highest BCUT2D eigenvalue weighted by molar-refractivity contribution is 7.90. The quantitative estimate of drug-likeness (QED) is 0.710. The van der Waals surface area contributed by atoms with Gasteiger partial charge in [-0.05, 0) is 68.7 Å². The third-order valence-corrected chi connectivity index (χ3v) is 6.44. The smallest absolute Gasteiger partial charge is 0.274 e. The first-order valence-corrected chi connectivity index (χ1v) is 10.7. The largest absolute Gasteiger partial charge is 0.488 e. The maximum atomic E-state index is 13.0. The molecule has 29 heavy (non-hydrogen) atoms. The molecule has 0 fully saturated rings. The van der Waals surface area contributed by atoms with Crippen molar-refractivity contribution in [3.8, 4) is 5.75 Å². The molecule has 1 aliphatic heterocycles. The minimum atomic E-state index is -3.79. The minimum Gasteiger partial charge on any atom is -0.488 e. The number of nitrogens with one attached hydrogen (secondary N) is 1. The van der Waals surface area contributed by atoms with E-state index in [1.165, 1.54) is 24.7 Å². The Morgan fingerprint density at radius 3 is 2.79 bits per heavy atom. The number of anilines is 1. The molecule has 1 amide bonds. The van der Waals surface area contributed by atoms with E-state index in [1.54, 1.807) is 36.4 Å². The van der Waals surface area contributed by atoms with Gasteiger partial charge in [-0.1, -0.05) is 6.07 Å². The van der Waals surface area contributed by atoms with Crippen LogP contribution in [0, 0.1) is 0 Å². The molecule has 0 atom stereocenters. The van der Waals surface area contributed by atoms with Crippen molar-refractivity contribution in [1.82, 2.24) is 8.96 Å². The van der Waals surface area contributed by atoms with Crippen molar-refractivity contribution in [2.24, 2.45) is 0 Å². The van der Waals surface area contributed by atoms with E-state index in [2.05, 4.69) is 10.3 Å². The summed E-state index contributed by atoms with van der Waals surface area (Å²) in [6.07, 6.45) is 5.86. The summed E-state index contributed by atoms with van der Waals surface area (Å²) in [5, 5.41) is 2.65. The molecule has 4 rings (SSSR count). The van der Waals surface area contributed by atoms with Gasteiger partial charge in [0.2, 0.25) is 0 Å². The Hall–Kier alpha value is -3.13. The molecule has 0 radical (unpaired) electrons. The highest BCUT2D eigenvalue weighted by Gasteiger charge is 2.28. The van der Waals surface area contributed by atoms with E-state index in [9.17, 15) is 13.2 Å². The number of amides is 1. The fraction of sp³-hybridized carbons (Fsp3) is 0.238. The lowest BCUT2D eigenvalue weighted by atomic mass is 9.94. The Morgan fingerprint density at radius 2 is 2.03 bits per heavy atom. The van der Waals surface area contributed by atoms with Crippen LogP contribution in [0.5, 0.6) is 5.75 Å². The summed E-state index contributed by atoms with van der Waals surface area (Å²) < 4.78 is 33.0. The van der Waals surface area contributed by atoms with Gasteiger partial charge in [-0.15, -0.1) is 0 Å². The molecule has 0 aliphatic carbocycles. The van der Waals surface area contributed by atoms with E-state index in [1.807, 2.05) is 13.8 Å². The summed E-state index contributed by atoms with van der Waals surface area (Å²) in [6.45, 7) is 4.03. The summed E-state index contributed by atoms with van der Waals surface area (Å²) in [4.78, 5) is 16.4. The monoisotopic (exact) mass is 411 g/mol. The number of pyridine rings is 1. The Labute approximate surface area is 169 Å². The zero-order chi connectivity index (χ0) is 20.6. The molecule has 1 N–H and O–H groups in total. The average Bonchev–Trinajstić information content (AvgIpc) is 3.17. The molecule has 0 unspecified atom stereocenters. The number of aryl methyl sites for hydroxylation is 1.